The van der Waals surface area contributed by atoms with Crippen molar-refractivity contribution < 1.29 is 23.0 Å². The molecule has 0 aliphatic rings. The summed E-state index contributed by atoms with van der Waals surface area (Å²) in [6.07, 6.45) is -1.32. The number of hydrogen-bond acceptors (Lipinski definition) is 7. The number of ether oxygens (including phenoxy) is 2. The first-order chi connectivity index (χ1) is 15.7. The van der Waals surface area contributed by atoms with Gasteiger partial charge in [-0.25, -0.2) is 8.42 Å². The first kappa shape index (κ1) is 24.6. The highest BCUT2D eigenvalue weighted by Gasteiger charge is 2.35. The van der Waals surface area contributed by atoms with Crippen molar-refractivity contribution >= 4 is 10.0 Å². The molecule has 0 saturated heterocycles. The van der Waals surface area contributed by atoms with Crippen molar-refractivity contribution in [2.45, 2.75) is 38.3 Å². The molecule has 0 radical (unpaired) electrons. The molecule has 33 heavy (non-hydrogen) atoms. The molecule has 0 bridgehead atoms. The number of sulfonamides is 1. The molecule has 0 aliphatic carbocycles. The average Bonchev–Trinajstić information content (AvgIpc) is 2.84. The van der Waals surface area contributed by atoms with Gasteiger partial charge in [-0.05, 0) is 61.4 Å². The van der Waals surface area contributed by atoms with E-state index < -0.39 is 21.4 Å². The summed E-state index contributed by atoms with van der Waals surface area (Å²) < 4.78 is 39.0. The van der Waals surface area contributed by atoms with Crippen LogP contribution in [0.3, 0.4) is 0 Å². The lowest BCUT2D eigenvalue weighted by molar-refractivity contribution is 0.166. The van der Waals surface area contributed by atoms with E-state index in [4.69, 9.17) is 9.47 Å². The average molecular weight is 472 g/mol. The second-order valence-electron chi connectivity index (χ2n) is 7.76. The second kappa shape index (κ2) is 10.7. The lowest BCUT2D eigenvalue weighted by Crippen LogP contribution is -2.39. The van der Waals surface area contributed by atoms with Crippen LogP contribution in [0.2, 0.25) is 0 Å². The number of aryl methyl sites for hydroxylation is 1. The molecule has 1 N–H and O–H groups in total. The Labute approximate surface area is 194 Å². The predicted molar refractivity (Wildman–Crippen MR) is 125 cm³/mol. The van der Waals surface area contributed by atoms with Crippen molar-refractivity contribution in [2.24, 2.45) is 0 Å². The van der Waals surface area contributed by atoms with Crippen LogP contribution in [0.25, 0.3) is 0 Å². The molecule has 2 aromatic carbocycles. The summed E-state index contributed by atoms with van der Waals surface area (Å²) in [4.78, 5) is 0. The highest BCUT2D eigenvalue weighted by Crippen LogP contribution is 2.26. The van der Waals surface area contributed by atoms with Crippen LogP contribution in [0.15, 0.2) is 60.7 Å². The van der Waals surface area contributed by atoms with Gasteiger partial charge >= 0.3 is 0 Å². The fourth-order valence-electron chi connectivity index (χ4n) is 3.31. The van der Waals surface area contributed by atoms with E-state index in [1.54, 1.807) is 57.5 Å². The third kappa shape index (κ3) is 6.07. The topological polar surface area (TPSA) is 102 Å². The molecule has 2 unspecified atom stereocenters. The van der Waals surface area contributed by atoms with Crippen LogP contribution in [0.1, 0.15) is 35.5 Å². The first-order valence-electron chi connectivity index (χ1n) is 10.5. The van der Waals surface area contributed by atoms with E-state index in [-0.39, 0.29) is 18.8 Å². The molecule has 1 aromatic heterocycles. The van der Waals surface area contributed by atoms with Gasteiger partial charge in [0.15, 0.2) is 0 Å². The van der Waals surface area contributed by atoms with Crippen LogP contribution >= 0.6 is 0 Å². The molecule has 8 nitrogen and oxygen atoms in total. The molecule has 176 valence electrons. The summed E-state index contributed by atoms with van der Waals surface area (Å²) in [6, 6.07) is 17.7. The Bertz CT molecular complexity index is 1080. The lowest BCUT2D eigenvalue weighted by atomic mass is 10.2. The smallest absolute Gasteiger partial charge is 0.220 e. The molecule has 0 fully saturated rings. The minimum absolute atomic E-state index is 0.134. The Morgan fingerprint density at radius 1 is 0.848 bits per heavy atom. The minimum Gasteiger partial charge on any atom is -0.497 e. The number of rotatable bonds is 10. The van der Waals surface area contributed by atoms with Crippen LogP contribution in [-0.4, -0.2) is 47.5 Å². The van der Waals surface area contributed by atoms with E-state index in [2.05, 4.69) is 10.2 Å². The third-order valence-electron chi connectivity index (χ3n) is 5.43. The van der Waals surface area contributed by atoms with E-state index in [1.807, 2.05) is 24.3 Å². The normalized spacial score (nSPS) is 13.5. The van der Waals surface area contributed by atoms with Gasteiger partial charge in [0.05, 0.1) is 25.6 Å². The fraction of sp³-hybridized carbons (Fsp3) is 0.333. The van der Waals surface area contributed by atoms with Crippen LogP contribution in [0.4, 0.5) is 0 Å². The van der Waals surface area contributed by atoms with Crippen molar-refractivity contribution in [3.63, 3.8) is 0 Å². The molecule has 0 aliphatic heterocycles. The molecule has 9 heteroatoms. The summed E-state index contributed by atoms with van der Waals surface area (Å²) in [5, 5.41) is 17.6. The molecule has 1 heterocycles. The maximum atomic E-state index is 13.6. The van der Waals surface area contributed by atoms with Gasteiger partial charge in [0, 0.05) is 13.1 Å². The number of benzene rings is 2. The van der Waals surface area contributed by atoms with Gasteiger partial charge in [0.25, 0.3) is 0 Å². The van der Waals surface area contributed by atoms with Crippen molar-refractivity contribution in [1.82, 2.24) is 14.5 Å². The lowest BCUT2D eigenvalue weighted by Gasteiger charge is -2.28. The van der Waals surface area contributed by atoms with Gasteiger partial charge in [-0.15, -0.1) is 0 Å². The Balaban J connectivity index is 1.91. The summed E-state index contributed by atoms with van der Waals surface area (Å²) in [5.74, 6) is 1.37. The Hall–Kier alpha value is -3.01. The van der Waals surface area contributed by atoms with Crippen LogP contribution in [0.5, 0.6) is 11.5 Å². The molecule has 0 spiro atoms. The summed E-state index contributed by atoms with van der Waals surface area (Å²) in [7, 11) is -0.782. The summed E-state index contributed by atoms with van der Waals surface area (Å²) in [6.45, 7) is 3.52. The van der Waals surface area contributed by atoms with Gasteiger partial charge in [0.2, 0.25) is 10.0 Å². The van der Waals surface area contributed by atoms with E-state index in [0.29, 0.717) is 17.2 Å². The quantitative estimate of drug-likeness (QED) is 0.484. The maximum Gasteiger partial charge on any atom is 0.220 e. The van der Waals surface area contributed by atoms with E-state index in [1.165, 1.54) is 11.2 Å². The SMILES string of the molecule is COc1ccc(CN(Cc2ccc(OC)cc2)S(=O)(=O)C(C)C(O)c2ccc(C)nn2)cc1. The van der Waals surface area contributed by atoms with Gasteiger partial charge < -0.3 is 14.6 Å². The standard InChI is InChI=1S/C24H29N3O5S/c1-17-5-14-23(26-25-17)24(28)18(2)33(29,30)27(15-19-6-10-21(31-3)11-7-19)16-20-8-12-22(32-4)13-9-20/h5-14,18,24,28H,15-16H2,1-4H3. The zero-order valence-electron chi connectivity index (χ0n) is 19.2. The van der Waals surface area contributed by atoms with Crippen LogP contribution in [0, 0.1) is 6.92 Å². The maximum absolute atomic E-state index is 13.6. The van der Waals surface area contributed by atoms with E-state index >= 15 is 0 Å². The molecular formula is C24H29N3O5S. The molecule has 3 rings (SSSR count). The Morgan fingerprint density at radius 2 is 1.33 bits per heavy atom. The van der Waals surface area contributed by atoms with Crippen LogP contribution in [-0.2, 0) is 23.1 Å². The van der Waals surface area contributed by atoms with Crippen molar-refractivity contribution in [2.75, 3.05) is 14.2 Å². The number of aliphatic hydroxyl groups is 1. The minimum atomic E-state index is -3.93. The zero-order chi connectivity index (χ0) is 24.0. The third-order valence-corrected chi connectivity index (χ3v) is 7.61. The highest BCUT2D eigenvalue weighted by molar-refractivity contribution is 7.89. The first-order valence-corrected chi connectivity index (χ1v) is 12.0. The van der Waals surface area contributed by atoms with Crippen molar-refractivity contribution in [3.8, 4) is 11.5 Å². The van der Waals surface area contributed by atoms with E-state index in [9.17, 15) is 13.5 Å². The number of nitrogens with zero attached hydrogens (tertiary/aromatic N) is 3. The Kier molecular flexibility index (Phi) is 8.01. The number of hydrogen-bond donors (Lipinski definition) is 1. The van der Waals surface area contributed by atoms with Crippen LogP contribution < -0.4 is 9.47 Å². The molecule has 0 saturated carbocycles. The Morgan fingerprint density at radius 3 is 1.73 bits per heavy atom. The van der Waals surface area contributed by atoms with Gasteiger partial charge in [-0.1, -0.05) is 24.3 Å². The number of methoxy groups -OCH3 is 2. The van der Waals surface area contributed by atoms with E-state index in [0.717, 1.165) is 11.1 Å². The summed E-state index contributed by atoms with van der Waals surface area (Å²) in [5.41, 5.74) is 2.49. The molecular weight excluding hydrogens is 442 g/mol. The van der Waals surface area contributed by atoms with Crippen molar-refractivity contribution in [3.05, 3.63) is 83.2 Å². The summed E-state index contributed by atoms with van der Waals surface area (Å²) >= 11 is 0. The highest BCUT2D eigenvalue weighted by atomic mass is 32.2. The molecule has 0 amide bonds. The molecule has 2 atom stereocenters. The van der Waals surface area contributed by atoms with Gasteiger partial charge in [-0.2, -0.15) is 14.5 Å². The largest absolute Gasteiger partial charge is 0.497 e. The molecule has 3 aromatic rings. The van der Waals surface area contributed by atoms with Gasteiger partial charge in [-0.3, -0.25) is 0 Å². The second-order valence-corrected chi connectivity index (χ2v) is 10.0. The zero-order valence-corrected chi connectivity index (χ0v) is 20.0. The number of aliphatic hydroxyl groups excluding tert-OH is 1. The fourth-order valence-corrected chi connectivity index (χ4v) is 4.90. The predicted octanol–water partition coefficient (Wildman–Crippen LogP) is 3.26. The monoisotopic (exact) mass is 471 g/mol. The van der Waals surface area contributed by atoms with Gasteiger partial charge in [0.1, 0.15) is 22.9 Å². The number of aromatic nitrogens is 2. The van der Waals surface area contributed by atoms with Crippen molar-refractivity contribution in [1.29, 1.82) is 0 Å².